The van der Waals surface area contributed by atoms with Crippen LogP contribution in [0.3, 0.4) is 0 Å². The number of hydrogen-bond donors (Lipinski definition) is 0. The molecule has 0 aromatic carbocycles. The second-order valence-corrected chi connectivity index (χ2v) is 4.68. The van der Waals surface area contributed by atoms with Gasteiger partial charge in [0.2, 0.25) is 0 Å². The molecule has 0 fully saturated rings. The maximum Gasteiger partial charge on any atom is -0.0237 e. The molecular formula is C18H40. The van der Waals surface area contributed by atoms with Crippen LogP contribution >= 0.6 is 0 Å². The zero-order valence-electron chi connectivity index (χ0n) is 12.7. The Morgan fingerprint density at radius 2 is 1.00 bits per heavy atom. The van der Waals surface area contributed by atoms with Crippen molar-refractivity contribution in [3.63, 3.8) is 0 Å². The van der Waals surface area contributed by atoms with Gasteiger partial charge in [0.1, 0.15) is 0 Å². The van der Waals surface area contributed by atoms with E-state index >= 15 is 0 Å². The summed E-state index contributed by atoms with van der Waals surface area (Å²) < 4.78 is 0. The van der Waals surface area contributed by atoms with Crippen LogP contribution in [0.5, 0.6) is 0 Å². The standard InChI is InChI=1S/2C8H16.2CH4/c2*1-5-7(3)8(4)6-2;;/h2*5,8H,6H2,1-4H3;2*1H4/b7-5-;;;. The molecule has 0 aliphatic rings. The van der Waals surface area contributed by atoms with Crippen molar-refractivity contribution in [2.75, 3.05) is 0 Å². The fourth-order valence-corrected chi connectivity index (χ4v) is 1.21. The molecule has 0 saturated carbocycles. The topological polar surface area (TPSA) is 0 Å². The van der Waals surface area contributed by atoms with Crippen LogP contribution in [-0.2, 0) is 0 Å². The highest BCUT2D eigenvalue weighted by Crippen LogP contribution is 2.12. The lowest BCUT2D eigenvalue weighted by Gasteiger charge is -2.06. The van der Waals surface area contributed by atoms with E-state index in [9.17, 15) is 0 Å². The van der Waals surface area contributed by atoms with Crippen molar-refractivity contribution in [3.8, 4) is 0 Å². The Balaban J connectivity index is -0.0000000980. The Kier molecular flexibility index (Phi) is 23.9. The smallest absolute Gasteiger partial charge is 0.0237 e. The maximum absolute atomic E-state index is 2.26. The summed E-state index contributed by atoms with van der Waals surface area (Å²) in [6, 6.07) is 0. The maximum atomic E-state index is 2.26. The van der Waals surface area contributed by atoms with Crippen molar-refractivity contribution in [1.82, 2.24) is 0 Å². The van der Waals surface area contributed by atoms with E-state index in [1.807, 2.05) is 0 Å². The SMILES string of the molecule is C.C.C/C=C(/C)C(C)CC.CC=C(C)C(C)CC. The zero-order chi connectivity index (χ0) is 13.1. The summed E-state index contributed by atoms with van der Waals surface area (Å²) in [5.41, 5.74) is 3.01. The van der Waals surface area contributed by atoms with Crippen LogP contribution in [0.4, 0.5) is 0 Å². The molecule has 0 bridgehead atoms. The van der Waals surface area contributed by atoms with Crippen molar-refractivity contribution in [2.45, 2.75) is 83.1 Å². The van der Waals surface area contributed by atoms with Gasteiger partial charge in [0, 0.05) is 0 Å². The van der Waals surface area contributed by atoms with Gasteiger partial charge in [-0.25, -0.2) is 0 Å². The average Bonchev–Trinajstić information content (AvgIpc) is 2.35. The Hall–Kier alpha value is -0.520. The van der Waals surface area contributed by atoms with E-state index < -0.39 is 0 Å². The molecule has 0 aromatic rings. The minimum Gasteiger partial charge on any atom is -0.0885 e. The Labute approximate surface area is 119 Å². The highest BCUT2D eigenvalue weighted by Gasteiger charge is 1.97. The lowest BCUT2D eigenvalue weighted by atomic mass is 10.0. The van der Waals surface area contributed by atoms with E-state index in [4.69, 9.17) is 0 Å². The lowest BCUT2D eigenvalue weighted by Crippen LogP contribution is -1.91. The van der Waals surface area contributed by atoms with Gasteiger partial charge in [-0.2, -0.15) is 0 Å². The van der Waals surface area contributed by atoms with E-state index in [0.29, 0.717) is 0 Å². The van der Waals surface area contributed by atoms with E-state index in [1.54, 1.807) is 0 Å². The predicted molar refractivity (Wildman–Crippen MR) is 91.2 cm³/mol. The molecule has 0 heteroatoms. The largest absolute Gasteiger partial charge is 0.0885 e. The number of rotatable bonds is 4. The van der Waals surface area contributed by atoms with E-state index in [0.717, 1.165) is 11.8 Å². The van der Waals surface area contributed by atoms with Crippen LogP contribution in [0.1, 0.15) is 83.1 Å². The fourth-order valence-electron chi connectivity index (χ4n) is 1.21. The molecular weight excluding hydrogens is 216 g/mol. The molecule has 0 aliphatic carbocycles. The van der Waals surface area contributed by atoms with Crippen LogP contribution in [0.15, 0.2) is 23.3 Å². The van der Waals surface area contributed by atoms with Gasteiger partial charge in [0.05, 0.1) is 0 Å². The third-order valence-electron chi connectivity index (χ3n) is 3.69. The van der Waals surface area contributed by atoms with Gasteiger partial charge in [-0.3, -0.25) is 0 Å². The number of allylic oxidation sites excluding steroid dienone is 4. The van der Waals surface area contributed by atoms with E-state index in [1.165, 1.54) is 24.0 Å². The minimum atomic E-state index is 0. The quantitative estimate of drug-likeness (QED) is 0.464. The van der Waals surface area contributed by atoms with Crippen LogP contribution < -0.4 is 0 Å². The van der Waals surface area contributed by atoms with Gasteiger partial charge in [0.15, 0.2) is 0 Å². The summed E-state index contributed by atoms with van der Waals surface area (Å²) in [7, 11) is 0. The Bertz CT molecular complexity index is 184. The van der Waals surface area contributed by atoms with Crippen molar-refractivity contribution in [2.24, 2.45) is 11.8 Å². The molecule has 0 spiro atoms. The van der Waals surface area contributed by atoms with Crippen LogP contribution in [0.2, 0.25) is 0 Å². The van der Waals surface area contributed by atoms with Crippen LogP contribution in [0, 0.1) is 11.8 Å². The van der Waals surface area contributed by atoms with Crippen LogP contribution in [-0.4, -0.2) is 0 Å². The summed E-state index contributed by atoms with van der Waals surface area (Å²) in [5, 5.41) is 0. The van der Waals surface area contributed by atoms with E-state index in [-0.39, 0.29) is 14.9 Å². The molecule has 0 heterocycles. The van der Waals surface area contributed by atoms with Gasteiger partial charge in [-0.05, 0) is 52.4 Å². The summed E-state index contributed by atoms with van der Waals surface area (Å²) in [4.78, 5) is 0. The zero-order valence-corrected chi connectivity index (χ0v) is 12.7. The average molecular weight is 257 g/mol. The molecule has 2 atom stereocenters. The highest BCUT2D eigenvalue weighted by molar-refractivity contribution is 4.99. The van der Waals surface area contributed by atoms with Crippen molar-refractivity contribution < 1.29 is 0 Å². The van der Waals surface area contributed by atoms with Crippen LogP contribution in [0.25, 0.3) is 0 Å². The molecule has 0 aliphatic heterocycles. The second-order valence-electron chi connectivity index (χ2n) is 4.68. The third-order valence-corrected chi connectivity index (χ3v) is 3.69. The minimum absolute atomic E-state index is 0. The second kappa shape index (κ2) is 16.5. The lowest BCUT2D eigenvalue weighted by molar-refractivity contribution is 0.654. The van der Waals surface area contributed by atoms with Crippen molar-refractivity contribution in [3.05, 3.63) is 23.3 Å². The van der Waals surface area contributed by atoms with Gasteiger partial charge < -0.3 is 0 Å². The normalized spacial score (nSPS) is 14.4. The molecule has 0 amide bonds. The monoisotopic (exact) mass is 256 g/mol. The first-order chi connectivity index (χ1) is 7.44. The summed E-state index contributed by atoms with van der Waals surface area (Å²) in [5.74, 6) is 1.56. The molecule has 0 radical (unpaired) electrons. The summed E-state index contributed by atoms with van der Waals surface area (Å²) >= 11 is 0. The van der Waals surface area contributed by atoms with Gasteiger partial charge >= 0.3 is 0 Å². The number of hydrogen-bond acceptors (Lipinski definition) is 0. The van der Waals surface area contributed by atoms with Gasteiger partial charge in [-0.1, -0.05) is 65.8 Å². The first kappa shape index (κ1) is 26.1. The molecule has 0 saturated heterocycles. The first-order valence-corrected chi connectivity index (χ1v) is 6.69. The van der Waals surface area contributed by atoms with E-state index in [2.05, 4.69) is 67.5 Å². The Morgan fingerprint density at radius 1 is 0.778 bits per heavy atom. The van der Waals surface area contributed by atoms with Crippen molar-refractivity contribution >= 4 is 0 Å². The first-order valence-electron chi connectivity index (χ1n) is 6.69. The molecule has 18 heavy (non-hydrogen) atoms. The summed E-state index contributed by atoms with van der Waals surface area (Å²) in [6.07, 6.45) is 6.90. The molecule has 0 nitrogen and oxygen atoms in total. The van der Waals surface area contributed by atoms with Gasteiger partial charge in [-0.15, -0.1) is 0 Å². The predicted octanol–water partition coefficient (Wildman–Crippen LogP) is 7.27. The molecule has 2 unspecified atom stereocenters. The summed E-state index contributed by atoms with van der Waals surface area (Å²) in [6.45, 7) is 17.5. The highest BCUT2D eigenvalue weighted by atomic mass is 14.0. The van der Waals surface area contributed by atoms with Gasteiger partial charge in [0.25, 0.3) is 0 Å². The molecule has 112 valence electrons. The Morgan fingerprint density at radius 3 is 1.06 bits per heavy atom. The fraction of sp³-hybridized carbons (Fsp3) is 0.778. The molecule has 0 N–H and O–H groups in total. The molecule has 0 aromatic heterocycles. The third kappa shape index (κ3) is 13.5. The van der Waals surface area contributed by atoms with Crippen molar-refractivity contribution in [1.29, 1.82) is 0 Å². The molecule has 0 rings (SSSR count).